The molecule has 2 aromatic rings. The van der Waals surface area contributed by atoms with Crippen molar-refractivity contribution in [1.82, 2.24) is 0 Å². The van der Waals surface area contributed by atoms with Crippen LogP contribution in [0.2, 0.25) is 5.02 Å². The van der Waals surface area contributed by atoms with E-state index in [1.807, 2.05) is 48.5 Å². The largest absolute Gasteiger partial charge is 0.497 e. The third-order valence-corrected chi connectivity index (χ3v) is 3.53. The molecule has 1 unspecified atom stereocenters. The third-order valence-electron chi connectivity index (χ3n) is 2.79. The number of hydrogen-bond donors (Lipinski definition) is 0. The lowest BCUT2D eigenvalue weighted by molar-refractivity contribution is 0.414. The predicted molar refractivity (Wildman–Crippen MR) is 76.7 cm³/mol. The van der Waals surface area contributed by atoms with E-state index in [2.05, 4.69) is 0 Å². The Labute approximate surface area is 117 Å². The van der Waals surface area contributed by atoms with Crippen molar-refractivity contribution in [3.05, 3.63) is 64.7 Å². The number of rotatable bonds is 4. The van der Waals surface area contributed by atoms with Crippen LogP contribution in [0.3, 0.4) is 0 Å². The molecule has 0 fully saturated rings. The summed E-state index contributed by atoms with van der Waals surface area (Å²) < 4.78 is 5.20. The second kappa shape index (κ2) is 6.12. The summed E-state index contributed by atoms with van der Waals surface area (Å²) >= 11 is 12.6. The van der Waals surface area contributed by atoms with E-state index in [0.717, 1.165) is 23.3 Å². The van der Waals surface area contributed by atoms with Crippen LogP contribution in [0, 0.1) is 0 Å². The molecule has 0 radical (unpaired) electrons. The zero-order valence-electron chi connectivity index (χ0n) is 10.1. The van der Waals surface area contributed by atoms with Crippen molar-refractivity contribution < 1.29 is 4.74 Å². The van der Waals surface area contributed by atoms with Crippen molar-refractivity contribution in [2.45, 2.75) is 11.8 Å². The number of halogens is 2. The lowest BCUT2D eigenvalue weighted by Crippen LogP contribution is -1.97. The smallest absolute Gasteiger partial charge is 0.119 e. The quantitative estimate of drug-likeness (QED) is 0.726. The highest BCUT2D eigenvalue weighted by Gasteiger charge is 2.12. The Morgan fingerprint density at radius 1 is 1.11 bits per heavy atom. The maximum Gasteiger partial charge on any atom is 0.119 e. The second-order valence-electron chi connectivity index (χ2n) is 4.04. The minimum absolute atomic E-state index is 0.134. The summed E-state index contributed by atoms with van der Waals surface area (Å²) in [5, 5.41) is 0.575. The lowest BCUT2D eigenvalue weighted by atomic mass is 10.0. The van der Waals surface area contributed by atoms with Gasteiger partial charge in [-0.2, -0.15) is 0 Å². The molecule has 0 saturated heterocycles. The number of hydrogen-bond acceptors (Lipinski definition) is 1. The highest BCUT2D eigenvalue weighted by atomic mass is 35.5. The zero-order chi connectivity index (χ0) is 13.0. The Kier molecular flexibility index (Phi) is 4.51. The van der Waals surface area contributed by atoms with Crippen molar-refractivity contribution >= 4 is 23.2 Å². The van der Waals surface area contributed by atoms with Crippen LogP contribution < -0.4 is 4.74 Å². The van der Waals surface area contributed by atoms with Crippen LogP contribution in [0.4, 0.5) is 0 Å². The van der Waals surface area contributed by atoms with Gasteiger partial charge in [-0.05, 0) is 35.7 Å². The van der Waals surface area contributed by atoms with E-state index in [9.17, 15) is 0 Å². The van der Waals surface area contributed by atoms with Crippen LogP contribution in [0.15, 0.2) is 48.5 Å². The van der Waals surface area contributed by atoms with Gasteiger partial charge in [0.2, 0.25) is 0 Å². The summed E-state index contributed by atoms with van der Waals surface area (Å²) in [6.45, 7) is 0. The minimum atomic E-state index is -0.134. The molecule has 0 aliphatic rings. The number of alkyl halides is 1. The molecule has 0 aromatic heterocycles. The van der Waals surface area contributed by atoms with E-state index in [0.29, 0.717) is 5.02 Å². The van der Waals surface area contributed by atoms with Gasteiger partial charge in [-0.1, -0.05) is 41.9 Å². The first-order chi connectivity index (χ1) is 8.70. The molecule has 3 heteroatoms. The molecule has 94 valence electrons. The molecule has 0 heterocycles. The van der Waals surface area contributed by atoms with Gasteiger partial charge in [0.05, 0.1) is 12.5 Å². The summed E-state index contributed by atoms with van der Waals surface area (Å²) in [5.41, 5.74) is 2.10. The van der Waals surface area contributed by atoms with Gasteiger partial charge in [-0.3, -0.25) is 0 Å². The van der Waals surface area contributed by atoms with Gasteiger partial charge < -0.3 is 4.74 Å². The molecule has 2 rings (SSSR count). The fraction of sp³-hybridized carbons (Fsp3) is 0.200. The van der Waals surface area contributed by atoms with Crippen LogP contribution in [0.1, 0.15) is 16.5 Å². The second-order valence-corrected chi connectivity index (χ2v) is 4.98. The van der Waals surface area contributed by atoms with Crippen molar-refractivity contribution in [1.29, 1.82) is 0 Å². The first-order valence-electron chi connectivity index (χ1n) is 5.72. The van der Waals surface area contributed by atoms with E-state index in [1.165, 1.54) is 0 Å². The van der Waals surface area contributed by atoms with Gasteiger partial charge in [0.25, 0.3) is 0 Å². The van der Waals surface area contributed by atoms with E-state index in [-0.39, 0.29) is 5.38 Å². The molecule has 1 atom stereocenters. The molecular formula is C15H14Cl2O. The van der Waals surface area contributed by atoms with E-state index < -0.39 is 0 Å². The number of benzene rings is 2. The molecule has 18 heavy (non-hydrogen) atoms. The first kappa shape index (κ1) is 13.3. The van der Waals surface area contributed by atoms with Crippen LogP contribution in [-0.2, 0) is 6.42 Å². The van der Waals surface area contributed by atoms with Gasteiger partial charge >= 0.3 is 0 Å². The van der Waals surface area contributed by atoms with E-state index >= 15 is 0 Å². The molecule has 1 nitrogen and oxygen atoms in total. The topological polar surface area (TPSA) is 9.23 Å². The maximum absolute atomic E-state index is 6.42. The predicted octanol–water partition coefficient (Wildman–Crippen LogP) is 4.87. The molecule has 0 N–H and O–H groups in total. The average molecular weight is 281 g/mol. The summed E-state index contributed by atoms with van der Waals surface area (Å²) in [7, 11) is 1.66. The van der Waals surface area contributed by atoms with Gasteiger partial charge in [0, 0.05) is 5.02 Å². The van der Waals surface area contributed by atoms with Gasteiger partial charge in [0.15, 0.2) is 0 Å². The third kappa shape index (κ3) is 3.18. The van der Waals surface area contributed by atoms with Gasteiger partial charge in [-0.15, -0.1) is 11.6 Å². The first-order valence-corrected chi connectivity index (χ1v) is 6.53. The molecule has 0 aliphatic carbocycles. The Balaban J connectivity index is 2.16. The van der Waals surface area contributed by atoms with Crippen LogP contribution in [0.5, 0.6) is 5.75 Å². The Morgan fingerprint density at radius 2 is 1.89 bits per heavy atom. The Morgan fingerprint density at radius 3 is 2.61 bits per heavy atom. The fourth-order valence-corrected chi connectivity index (χ4v) is 2.54. The Bertz CT molecular complexity index is 525. The van der Waals surface area contributed by atoms with Crippen LogP contribution in [0.25, 0.3) is 0 Å². The summed E-state index contributed by atoms with van der Waals surface area (Å²) in [6.07, 6.45) is 0.725. The van der Waals surface area contributed by atoms with E-state index in [1.54, 1.807) is 7.11 Å². The lowest BCUT2D eigenvalue weighted by Gasteiger charge is -2.12. The zero-order valence-corrected chi connectivity index (χ0v) is 11.6. The van der Waals surface area contributed by atoms with E-state index in [4.69, 9.17) is 27.9 Å². The molecule has 2 aromatic carbocycles. The molecule has 0 aliphatic heterocycles. The monoisotopic (exact) mass is 280 g/mol. The van der Waals surface area contributed by atoms with Crippen molar-refractivity contribution in [2.24, 2.45) is 0 Å². The van der Waals surface area contributed by atoms with Crippen LogP contribution in [-0.4, -0.2) is 7.11 Å². The number of methoxy groups -OCH3 is 1. The Hall–Kier alpha value is -1.18. The maximum atomic E-state index is 6.42. The minimum Gasteiger partial charge on any atom is -0.497 e. The molecule has 0 saturated carbocycles. The van der Waals surface area contributed by atoms with Crippen molar-refractivity contribution in [3.8, 4) is 5.75 Å². The number of ether oxygens (including phenoxy) is 1. The summed E-state index contributed by atoms with van der Waals surface area (Å²) in [6, 6.07) is 15.6. The van der Waals surface area contributed by atoms with Gasteiger partial charge in [-0.25, -0.2) is 0 Å². The molecular weight excluding hydrogens is 267 g/mol. The molecule has 0 amide bonds. The average Bonchev–Trinajstić information content (AvgIpc) is 2.39. The molecule has 0 spiro atoms. The van der Waals surface area contributed by atoms with Crippen LogP contribution >= 0.6 is 23.2 Å². The highest BCUT2D eigenvalue weighted by Crippen LogP contribution is 2.31. The fourth-order valence-electron chi connectivity index (χ4n) is 1.85. The van der Waals surface area contributed by atoms with Crippen molar-refractivity contribution in [3.63, 3.8) is 0 Å². The normalized spacial score (nSPS) is 12.2. The van der Waals surface area contributed by atoms with Crippen molar-refractivity contribution in [2.75, 3.05) is 7.11 Å². The van der Waals surface area contributed by atoms with Gasteiger partial charge in [0.1, 0.15) is 5.75 Å². The summed E-state index contributed by atoms with van der Waals surface area (Å²) in [5.74, 6) is 0.843. The molecule has 0 bridgehead atoms. The summed E-state index contributed by atoms with van der Waals surface area (Å²) in [4.78, 5) is 0. The highest BCUT2D eigenvalue weighted by molar-refractivity contribution is 6.32. The standard InChI is InChI=1S/C15H14Cl2O/c1-18-12-6-4-5-11(9-12)10-15(17)13-7-2-3-8-14(13)16/h2-9,15H,10H2,1H3. The SMILES string of the molecule is COc1cccc(CC(Cl)c2ccccc2Cl)c1.